The second-order valence-corrected chi connectivity index (χ2v) is 9.07. The zero-order chi connectivity index (χ0) is 24.5. The van der Waals surface area contributed by atoms with Crippen LogP contribution in [-0.4, -0.2) is 46.9 Å². The van der Waals surface area contributed by atoms with Gasteiger partial charge in [-0.25, -0.2) is 26.7 Å². The molecule has 5 rings (SSSR count). The van der Waals surface area contributed by atoms with Gasteiger partial charge >= 0.3 is 5.69 Å². The number of benzene rings is 1. The molecule has 0 amide bonds. The van der Waals surface area contributed by atoms with Crippen molar-refractivity contribution in [3.8, 4) is 5.75 Å². The lowest BCUT2D eigenvalue weighted by molar-refractivity contribution is -0.127. The van der Waals surface area contributed by atoms with Crippen molar-refractivity contribution in [2.75, 3.05) is 25.1 Å². The highest BCUT2D eigenvalue weighted by Gasteiger charge is 2.50. The number of aliphatic hydroxyl groups excluding tert-OH is 1. The highest BCUT2D eigenvalue weighted by Crippen LogP contribution is 2.48. The van der Waals surface area contributed by atoms with Gasteiger partial charge in [0, 0.05) is 37.4 Å². The molecular formula is C22H22F5N3O4. The summed E-state index contributed by atoms with van der Waals surface area (Å²) in [6.07, 6.45) is -2.18. The molecule has 1 aromatic carbocycles. The molecular weight excluding hydrogens is 465 g/mol. The Morgan fingerprint density at radius 1 is 1.24 bits per heavy atom. The summed E-state index contributed by atoms with van der Waals surface area (Å²) in [6.45, 7) is -0.309. The predicted molar refractivity (Wildman–Crippen MR) is 112 cm³/mol. The second-order valence-electron chi connectivity index (χ2n) is 9.07. The van der Waals surface area contributed by atoms with E-state index in [9.17, 15) is 32.3 Å². The molecule has 3 atom stereocenters. The van der Waals surface area contributed by atoms with Crippen LogP contribution in [-0.2, 0) is 0 Å². The number of aromatic amines is 1. The summed E-state index contributed by atoms with van der Waals surface area (Å²) in [4.78, 5) is 28.4. The average molecular weight is 487 g/mol. The van der Waals surface area contributed by atoms with Crippen molar-refractivity contribution >= 4 is 16.6 Å². The van der Waals surface area contributed by atoms with Crippen LogP contribution in [0.15, 0.2) is 21.7 Å². The van der Waals surface area contributed by atoms with Gasteiger partial charge in [0.25, 0.3) is 17.9 Å². The van der Waals surface area contributed by atoms with E-state index in [1.807, 2.05) is 4.98 Å². The summed E-state index contributed by atoms with van der Waals surface area (Å²) in [6, 6.07) is -0.377. The van der Waals surface area contributed by atoms with E-state index in [1.54, 1.807) is 0 Å². The van der Waals surface area contributed by atoms with E-state index < -0.39 is 70.4 Å². The zero-order valence-electron chi connectivity index (χ0n) is 18.0. The molecule has 0 spiro atoms. The fourth-order valence-electron chi connectivity index (χ4n) is 5.24. The first-order chi connectivity index (χ1) is 16.1. The number of fused-ring (bicyclic) bond motifs is 2. The monoisotopic (exact) mass is 487 g/mol. The van der Waals surface area contributed by atoms with Gasteiger partial charge in [-0.2, -0.15) is 0 Å². The maximum atomic E-state index is 15.7. The number of halogens is 5. The number of hydrogen-bond donors (Lipinski definition) is 2. The Balaban J connectivity index is 1.77. The molecule has 2 aliphatic carbocycles. The van der Waals surface area contributed by atoms with E-state index in [0.717, 1.165) is 11.7 Å². The van der Waals surface area contributed by atoms with Gasteiger partial charge in [0.05, 0.1) is 18.1 Å². The number of nitrogens with one attached hydrogen (secondary N) is 1. The minimum Gasteiger partial charge on any atom is -0.492 e. The summed E-state index contributed by atoms with van der Waals surface area (Å²) in [5.74, 6) is -6.70. The highest BCUT2D eigenvalue weighted by atomic mass is 19.3. The first-order valence-electron chi connectivity index (χ1n) is 10.9. The Kier molecular flexibility index (Phi) is 5.26. The number of hydrogen-bond acceptors (Lipinski definition) is 5. The SMILES string of the molecule is COc1c(N2CC3C=CCC(F)(F)C(O)C3C2)c(F)c(C(F)F)c2c(=O)[nH]c(=O)n(C3CC3)c12. The van der Waals surface area contributed by atoms with Crippen LogP contribution in [0.3, 0.4) is 0 Å². The third-order valence-electron chi connectivity index (χ3n) is 6.96. The van der Waals surface area contributed by atoms with E-state index in [-0.39, 0.29) is 30.4 Å². The molecule has 1 saturated heterocycles. The summed E-state index contributed by atoms with van der Waals surface area (Å²) >= 11 is 0. The van der Waals surface area contributed by atoms with Crippen molar-refractivity contribution in [3.63, 3.8) is 0 Å². The summed E-state index contributed by atoms with van der Waals surface area (Å²) in [7, 11) is 1.15. The number of methoxy groups -OCH3 is 1. The number of H-pyrrole nitrogens is 1. The van der Waals surface area contributed by atoms with Gasteiger partial charge in [0.15, 0.2) is 11.6 Å². The summed E-state index contributed by atoms with van der Waals surface area (Å²) in [5, 5.41) is 9.63. The number of alkyl halides is 4. The van der Waals surface area contributed by atoms with Gasteiger partial charge in [0.2, 0.25) is 0 Å². The molecule has 3 unspecified atom stereocenters. The standard InChI is InChI=1S/C22H22F5N3O4/c1-34-17-15-13(20(32)28-21(33)30(15)10-4-5-10)12(19(24)25)14(23)16(17)29-7-9-3-2-6-22(26,27)18(31)11(9)8-29/h2-3,9-11,18-19,31H,4-8H2,1H3,(H,28,32,33). The van der Waals surface area contributed by atoms with Crippen molar-refractivity contribution in [1.29, 1.82) is 0 Å². The number of aromatic nitrogens is 2. The lowest BCUT2D eigenvalue weighted by Gasteiger charge is -2.28. The molecule has 1 aliphatic heterocycles. The molecule has 3 aliphatic rings. The summed E-state index contributed by atoms with van der Waals surface area (Å²) in [5.41, 5.74) is -3.88. The number of allylic oxidation sites excluding steroid dienone is 1. The number of aliphatic hydroxyl groups is 1. The molecule has 1 saturated carbocycles. The Morgan fingerprint density at radius 2 is 1.94 bits per heavy atom. The van der Waals surface area contributed by atoms with E-state index >= 15 is 4.39 Å². The lowest BCUT2D eigenvalue weighted by atomic mass is 9.89. The Bertz CT molecular complexity index is 1300. The van der Waals surface area contributed by atoms with Crippen LogP contribution in [0.4, 0.5) is 27.6 Å². The predicted octanol–water partition coefficient (Wildman–Crippen LogP) is 3.12. The van der Waals surface area contributed by atoms with Crippen molar-refractivity contribution in [2.24, 2.45) is 11.8 Å². The third kappa shape index (κ3) is 3.33. The van der Waals surface area contributed by atoms with E-state index in [2.05, 4.69) is 0 Å². The van der Waals surface area contributed by atoms with Crippen LogP contribution in [0.25, 0.3) is 10.9 Å². The number of anilines is 1. The van der Waals surface area contributed by atoms with Gasteiger partial charge in [-0.1, -0.05) is 12.2 Å². The number of nitrogens with zero attached hydrogens (tertiary/aromatic N) is 2. The fraction of sp³-hybridized carbons (Fsp3) is 0.545. The largest absolute Gasteiger partial charge is 0.492 e. The van der Waals surface area contributed by atoms with Gasteiger partial charge in [-0.15, -0.1) is 0 Å². The maximum absolute atomic E-state index is 15.7. The fourth-order valence-corrected chi connectivity index (χ4v) is 5.24. The quantitative estimate of drug-likeness (QED) is 0.511. The molecule has 12 heteroatoms. The highest BCUT2D eigenvalue weighted by molar-refractivity contribution is 5.94. The van der Waals surface area contributed by atoms with E-state index in [1.165, 1.54) is 17.1 Å². The molecule has 0 bridgehead atoms. The Morgan fingerprint density at radius 3 is 2.56 bits per heavy atom. The molecule has 34 heavy (non-hydrogen) atoms. The molecule has 2 N–H and O–H groups in total. The van der Waals surface area contributed by atoms with Gasteiger partial charge in [-0.05, 0) is 12.8 Å². The Labute approximate surface area is 189 Å². The van der Waals surface area contributed by atoms with Crippen molar-refractivity contribution < 1.29 is 31.8 Å². The lowest BCUT2D eigenvalue weighted by Crippen LogP contribution is -2.41. The molecule has 2 heterocycles. The van der Waals surface area contributed by atoms with Crippen LogP contribution < -0.4 is 20.9 Å². The van der Waals surface area contributed by atoms with Crippen molar-refractivity contribution in [3.05, 3.63) is 44.4 Å². The molecule has 7 nitrogen and oxygen atoms in total. The second kappa shape index (κ2) is 7.82. The van der Waals surface area contributed by atoms with Crippen molar-refractivity contribution in [1.82, 2.24) is 9.55 Å². The van der Waals surface area contributed by atoms with Gasteiger partial charge in [0.1, 0.15) is 17.3 Å². The smallest absolute Gasteiger partial charge is 0.329 e. The minimum atomic E-state index is -3.40. The molecule has 2 fully saturated rings. The minimum absolute atomic E-state index is 0.0490. The Hall–Kier alpha value is -2.89. The zero-order valence-corrected chi connectivity index (χ0v) is 18.0. The number of ether oxygens (including phenoxy) is 1. The summed E-state index contributed by atoms with van der Waals surface area (Å²) < 4.78 is 79.0. The molecule has 2 aromatic rings. The first kappa shape index (κ1) is 22.9. The van der Waals surface area contributed by atoms with Gasteiger partial charge in [-0.3, -0.25) is 14.3 Å². The van der Waals surface area contributed by atoms with E-state index in [0.29, 0.717) is 12.8 Å². The normalized spacial score (nSPS) is 26.2. The molecule has 184 valence electrons. The van der Waals surface area contributed by atoms with Crippen LogP contribution in [0.2, 0.25) is 0 Å². The number of rotatable bonds is 4. The first-order valence-corrected chi connectivity index (χ1v) is 10.9. The molecule has 0 radical (unpaired) electrons. The maximum Gasteiger partial charge on any atom is 0.329 e. The van der Waals surface area contributed by atoms with Crippen LogP contribution >= 0.6 is 0 Å². The topological polar surface area (TPSA) is 87.6 Å². The van der Waals surface area contributed by atoms with Crippen LogP contribution in [0, 0.1) is 17.7 Å². The molecule has 1 aromatic heterocycles. The van der Waals surface area contributed by atoms with Crippen molar-refractivity contribution in [2.45, 2.75) is 43.8 Å². The van der Waals surface area contributed by atoms with Gasteiger partial charge < -0.3 is 14.7 Å². The third-order valence-corrected chi connectivity index (χ3v) is 6.96. The van der Waals surface area contributed by atoms with Crippen LogP contribution in [0.5, 0.6) is 5.75 Å². The van der Waals surface area contributed by atoms with E-state index in [4.69, 9.17) is 4.74 Å². The van der Waals surface area contributed by atoms with Crippen LogP contribution in [0.1, 0.15) is 37.3 Å². The average Bonchev–Trinajstić information content (AvgIpc) is 3.52.